The Hall–Kier alpha value is -1.73. The fourth-order valence-corrected chi connectivity index (χ4v) is 3.48. The van der Waals surface area contributed by atoms with Gasteiger partial charge in [-0.2, -0.15) is 5.26 Å². The Balaban J connectivity index is 1.76. The molecule has 2 fully saturated rings. The Bertz CT molecular complexity index is 524. The van der Waals surface area contributed by atoms with Crippen molar-refractivity contribution < 1.29 is 9.47 Å². The van der Waals surface area contributed by atoms with Gasteiger partial charge in [0.1, 0.15) is 6.10 Å². The van der Waals surface area contributed by atoms with E-state index in [1.54, 1.807) is 25.3 Å². The van der Waals surface area contributed by atoms with Crippen LogP contribution in [0.4, 0.5) is 0 Å². The average molecular weight is 272 g/mol. The van der Waals surface area contributed by atoms with E-state index in [9.17, 15) is 0 Å². The molecule has 106 valence electrons. The average Bonchev–Trinajstić information content (AvgIpc) is 2.69. The highest BCUT2D eigenvalue weighted by atomic mass is 16.5. The van der Waals surface area contributed by atoms with Gasteiger partial charge in [-0.15, -0.1) is 0 Å². The summed E-state index contributed by atoms with van der Waals surface area (Å²) in [5.41, 5.74) is 0.608. The third kappa shape index (κ3) is 2.34. The van der Waals surface area contributed by atoms with Crippen molar-refractivity contribution in [1.29, 1.82) is 5.26 Å². The minimum atomic E-state index is 0.228. The van der Waals surface area contributed by atoms with Gasteiger partial charge in [0, 0.05) is 18.2 Å². The Kier molecular flexibility index (Phi) is 3.54. The maximum Gasteiger partial charge on any atom is 0.162 e. The summed E-state index contributed by atoms with van der Waals surface area (Å²) in [6.45, 7) is 0. The molecule has 2 saturated heterocycles. The second kappa shape index (κ2) is 5.34. The molecule has 1 aromatic rings. The van der Waals surface area contributed by atoms with Crippen molar-refractivity contribution in [3.63, 3.8) is 0 Å². The van der Waals surface area contributed by atoms with Gasteiger partial charge >= 0.3 is 0 Å². The van der Waals surface area contributed by atoms with Gasteiger partial charge in [-0.1, -0.05) is 0 Å². The maximum absolute atomic E-state index is 9.01. The van der Waals surface area contributed by atoms with Crippen molar-refractivity contribution >= 4 is 0 Å². The summed E-state index contributed by atoms with van der Waals surface area (Å²) in [7, 11) is 3.85. The standard InChI is InChI=1S/C16H20N2O2/c1-18-12-4-5-13(18)9-14(8-12)20-16-7-11(10-17)3-6-15(16)19-2/h3,6-7,12-14H,4-5,8-9H2,1-2H3. The number of nitrogens with zero attached hydrogens (tertiary/aromatic N) is 2. The summed E-state index contributed by atoms with van der Waals surface area (Å²) in [6, 6.07) is 8.77. The van der Waals surface area contributed by atoms with E-state index in [4.69, 9.17) is 14.7 Å². The zero-order valence-corrected chi connectivity index (χ0v) is 12.0. The molecule has 2 aliphatic heterocycles. The number of benzene rings is 1. The summed E-state index contributed by atoms with van der Waals surface area (Å²) >= 11 is 0. The summed E-state index contributed by atoms with van der Waals surface area (Å²) < 4.78 is 11.5. The normalized spacial score (nSPS) is 28.9. The zero-order chi connectivity index (χ0) is 14.1. The largest absolute Gasteiger partial charge is 0.493 e. The molecule has 2 aliphatic rings. The summed E-state index contributed by atoms with van der Waals surface area (Å²) in [5.74, 6) is 1.40. The summed E-state index contributed by atoms with van der Waals surface area (Å²) in [5, 5.41) is 9.01. The Morgan fingerprint density at radius 2 is 1.90 bits per heavy atom. The number of fused-ring (bicyclic) bond motifs is 2. The van der Waals surface area contributed by atoms with Crippen LogP contribution in [0.3, 0.4) is 0 Å². The van der Waals surface area contributed by atoms with Gasteiger partial charge in [-0.3, -0.25) is 0 Å². The fourth-order valence-electron chi connectivity index (χ4n) is 3.48. The van der Waals surface area contributed by atoms with Crippen LogP contribution in [-0.2, 0) is 0 Å². The maximum atomic E-state index is 9.01. The van der Waals surface area contributed by atoms with Gasteiger partial charge < -0.3 is 14.4 Å². The van der Waals surface area contributed by atoms with E-state index < -0.39 is 0 Å². The molecular formula is C16H20N2O2. The number of rotatable bonds is 3. The smallest absolute Gasteiger partial charge is 0.162 e. The molecule has 2 bridgehead atoms. The molecule has 4 nitrogen and oxygen atoms in total. The van der Waals surface area contributed by atoms with Crippen molar-refractivity contribution in [2.45, 2.75) is 43.9 Å². The van der Waals surface area contributed by atoms with Crippen molar-refractivity contribution in [2.24, 2.45) is 0 Å². The second-order valence-corrected chi connectivity index (χ2v) is 5.74. The monoisotopic (exact) mass is 272 g/mol. The molecule has 2 heterocycles. The lowest BCUT2D eigenvalue weighted by Gasteiger charge is -2.36. The Labute approximate surface area is 119 Å². The molecule has 0 spiro atoms. The first kappa shape index (κ1) is 13.3. The number of ether oxygens (including phenoxy) is 2. The summed E-state index contributed by atoms with van der Waals surface area (Å²) in [4.78, 5) is 2.49. The van der Waals surface area contributed by atoms with Crippen LogP contribution in [0.15, 0.2) is 18.2 Å². The minimum absolute atomic E-state index is 0.228. The Morgan fingerprint density at radius 3 is 2.50 bits per heavy atom. The summed E-state index contributed by atoms with van der Waals surface area (Å²) in [6.07, 6.45) is 4.90. The molecule has 20 heavy (non-hydrogen) atoms. The first-order chi connectivity index (χ1) is 9.71. The van der Waals surface area contributed by atoms with Gasteiger partial charge in [-0.25, -0.2) is 0 Å². The number of hydrogen-bond donors (Lipinski definition) is 0. The lowest BCUT2D eigenvalue weighted by Crippen LogP contribution is -2.43. The van der Waals surface area contributed by atoms with Crippen molar-refractivity contribution in [3.8, 4) is 17.6 Å². The topological polar surface area (TPSA) is 45.5 Å². The van der Waals surface area contributed by atoms with Gasteiger partial charge in [0.2, 0.25) is 0 Å². The molecule has 1 aromatic carbocycles. The van der Waals surface area contributed by atoms with Crippen LogP contribution < -0.4 is 9.47 Å². The van der Waals surface area contributed by atoms with Crippen LogP contribution in [0, 0.1) is 11.3 Å². The molecule has 3 rings (SSSR count). The predicted molar refractivity (Wildman–Crippen MR) is 75.9 cm³/mol. The highest BCUT2D eigenvalue weighted by molar-refractivity contribution is 5.46. The number of hydrogen-bond acceptors (Lipinski definition) is 4. The molecule has 0 radical (unpaired) electrons. The first-order valence-electron chi connectivity index (χ1n) is 7.18. The van der Waals surface area contributed by atoms with Crippen molar-refractivity contribution in [2.75, 3.05) is 14.2 Å². The number of piperidine rings is 1. The molecule has 4 heteroatoms. The lowest BCUT2D eigenvalue weighted by molar-refractivity contribution is 0.0643. The quantitative estimate of drug-likeness (QED) is 0.848. The molecule has 0 saturated carbocycles. The molecule has 0 aromatic heterocycles. The van der Waals surface area contributed by atoms with Crippen LogP contribution >= 0.6 is 0 Å². The Morgan fingerprint density at radius 1 is 1.20 bits per heavy atom. The van der Waals surface area contributed by atoms with Gasteiger partial charge in [-0.05, 0) is 44.9 Å². The van der Waals surface area contributed by atoms with E-state index in [0.29, 0.717) is 29.1 Å². The van der Waals surface area contributed by atoms with Crippen LogP contribution in [-0.4, -0.2) is 37.2 Å². The predicted octanol–water partition coefficient (Wildman–Crippen LogP) is 2.57. The van der Waals surface area contributed by atoms with E-state index in [1.807, 2.05) is 0 Å². The molecular weight excluding hydrogens is 252 g/mol. The number of nitriles is 1. The SMILES string of the molecule is COc1ccc(C#N)cc1OC1CC2CCC(C1)N2C. The van der Waals surface area contributed by atoms with Crippen LogP contribution in [0.2, 0.25) is 0 Å². The molecule has 0 aliphatic carbocycles. The minimum Gasteiger partial charge on any atom is -0.493 e. The van der Waals surface area contributed by atoms with E-state index in [1.165, 1.54) is 12.8 Å². The third-order valence-electron chi connectivity index (χ3n) is 4.64. The second-order valence-electron chi connectivity index (χ2n) is 5.74. The van der Waals surface area contributed by atoms with E-state index in [2.05, 4.69) is 18.0 Å². The highest BCUT2D eigenvalue weighted by Crippen LogP contribution is 2.37. The van der Waals surface area contributed by atoms with E-state index >= 15 is 0 Å². The van der Waals surface area contributed by atoms with Crippen molar-refractivity contribution in [1.82, 2.24) is 4.90 Å². The van der Waals surface area contributed by atoms with Gasteiger partial charge in [0.15, 0.2) is 11.5 Å². The molecule has 0 N–H and O–H groups in total. The van der Waals surface area contributed by atoms with E-state index in [-0.39, 0.29) is 6.10 Å². The van der Waals surface area contributed by atoms with Gasteiger partial charge in [0.05, 0.1) is 18.7 Å². The van der Waals surface area contributed by atoms with Crippen LogP contribution in [0.1, 0.15) is 31.2 Å². The van der Waals surface area contributed by atoms with Crippen molar-refractivity contribution in [3.05, 3.63) is 23.8 Å². The van der Waals surface area contributed by atoms with Crippen LogP contribution in [0.25, 0.3) is 0 Å². The molecule has 2 atom stereocenters. The third-order valence-corrected chi connectivity index (χ3v) is 4.64. The van der Waals surface area contributed by atoms with Gasteiger partial charge in [0.25, 0.3) is 0 Å². The molecule has 2 unspecified atom stereocenters. The van der Waals surface area contributed by atoms with E-state index in [0.717, 1.165) is 12.8 Å². The highest BCUT2D eigenvalue weighted by Gasteiger charge is 2.39. The lowest BCUT2D eigenvalue weighted by atomic mass is 10.0. The zero-order valence-electron chi connectivity index (χ0n) is 12.0. The fraction of sp³-hybridized carbons (Fsp3) is 0.562. The first-order valence-corrected chi connectivity index (χ1v) is 7.18. The van der Waals surface area contributed by atoms with Crippen LogP contribution in [0.5, 0.6) is 11.5 Å². The number of methoxy groups -OCH3 is 1. The molecule has 0 amide bonds.